The molecule has 1 aliphatic heterocycles. The fraction of sp³-hybridized carbons (Fsp3) is 0.200. The fourth-order valence-corrected chi connectivity index (χ4v) is 2.59. The van der Waals surface area contributed by atoms with Gasteiger partial charge in [0.15, 0.2) is 6.29 Å². The number of hydrogen-bond donors (Lipinski definition) is 0. The molecule has 0 radical (unpaired) electrons. The molecule has 3 rings (SSSR count). The molecule has 1 aromatic carbocycles. The summed E-state index contributed by atoms with van der Waals surface area (Å²) in [6.45, 7) is 0.212. The minimum atomic E-state index is -0.505. The van der Waals surface area contributed by atoms with E-state index >= 15 is 0 Å². The van der Waals surface area contributed by atoms with Gasteiger partial charge in [0.05, 0.1) is 11.4 Å². The minimum absolute atomic E-state index is 0.212. The largest absolute Gasteiger partial charge is 0.458 e. The lowest BCUT2D eigenvalue weighted by Crippen LogP contribution is -2.31. The SMILES string of the molecule is O=Cc1ccc2n1[C@H](Cc1ccc(Cl)cc1)C(=O)OC2. The summed E-state index contributed by atoms with van der Waals surface area (Å²) < 4.78 is 6.93. The van der Waals surface area contributed by atoms with Gasteiger partial charge >= 0.3 is 5.97 Å². The molecule has 0 saturated carbocycles. The molecule has 0 spiro atoms. The molecule has 0 fully saturated rings. The summed E-state index contributed by atoms with van der Waals surface area (Å²) >= 11 is 5.85. The van der Waals surface area contributed by atoms with Gasteiger partial charge in [-0.25, -0.2) is 4.79 Å². The Morgan fingerprint density at radius 3 is 2.70 bits per heavy atom. The number of esters is 1. The second-order valence-electron chi connectivity index (χ2n) is 4.69. The van der Waals surface area contributed by atoms with E-state index in [9.17, 15) is 9.59 Å². The van der Waals surface area contributed by atoms with Crippen LogP contribution in [-0.2, 0) is 22.6 Å². The molecule has 2 aromatic rings. The molecule has 5 heteroatoms. The number of aromatic nitrogens is 1. The maximum Gasteiger partial charge on any atom is 0.329 e. The Morgan fingerprint density at radius 2 is 2.00 bits per heavy atom. The van der Waals surface area contributed by atoms with Crippen LogP contribution in [0.2, 0.25) is 5.02 Å². The van der Waals surface area contributed by atoms with Crippen molar-refractivity contribution in [3.05, 3.63) is 58.4 Å². The predicted molar refractivity (Wildman–Crippen MR) is 73.8 cm³/mol. The standard InChI is InChI=1S/C15H12ClNO3/c16-11-3-1-10(2-4-11)7-14-15(19)20-9-13-6-5-12(8-18)17(13)14/h1-6,8,14H,7,9H2/t14-/m1/s1. The second-order valence-corrected chi connectivity index (χ2v) is 5.13. The highest BCUT2D eigenvalue weighted by Gasteiger charge is 2.30. The lowest BCUT2D eigenvalue weighted by atomic mass is 10.0. The van der Waals surface area contributed by atoms with E-state index in [-0.39, 0.29) is 12.6 Å². The van der Waals surface area contributed by atoms with Crippen LogP contribution >= 0.6 is 11.6 Å². The van der Waals surface area contributed by atoms with Crippen LogP contribution in [0.25, 0.3) is 0 Å². The van der Waals surface area contributed by atoms with Crippen molar-refractivity contribution >= 4 is 23.9 Å². The van der Waals surface area contributed by atoms with Gasteiger partial charge in [0, 0.05) is 11.4 Å². The Kier molecular flexibility index (Phi) is 3.32. The van der Waals surface area contributed by atoms with Crippen LogP contribution in [0.3, 0.4) is 0 Å². The number of ether oxygens (including phenoxy) is 1. The fourth-order valence-electron chi connectivity index (χ4n) is 2.47. The van der Waals surface area contributed by atoms with Gasteiger partial charge in [-0.3, -0.25) is 4.79 Å². The van der Waals surface area contributed by atoms with Crippen LogP contribution in [0.5, 0.6) is 0 Å². The van der Waals surface area contributed by atoms with Crippen LogP contribution in [0.4, 0.5) is 0 Å². The van der Waals surface area contributed by atoms with Gasteiger partial charge in [-0.1, -0.05) is 23.7 Å². The quantitative estimate of drug-likeness (QED) is 0.645. The normalized spacial score (nSPS) is 17.4. The third-order valence-corrected chi connectivity index (χ3v) is 3.70. The molecule has 0 aliphatic carbocycles. The Bertz CT molecular complexity index is 660. The summed E-state index contributed by atoms with van der Waals surface area (Å²) in [7, 11) is 0. The van der Waals surface area contributed by atoms with Crippen LogP contribution in [0, 0.1) is 0 Å². The molecule has 4 nitrogen and oxygen atoms in total. The molecular weight excluding hydrogens is 278 g/mol. The number of aldehydes is 1. The Labute approximate surface area is 120 Å². The predicted octanol–water partition coefficient (Wildman–Crippen LogP) is 2.79. The van der Waals surface area contributed by atoms with E-state index in [2.05, 4.69) is 0 Å². The molecule has 1 aliphatic rings. The van der Waals surface area contributed by atoms with E-state index < -0.39 is 6.04 Å². The number of carbonyl (C=O) groups excluding carboxylic acids is 2. The molecule has 0 saturated heterocycles. The third-order valence-electron chi connectivity index (χ3n) is 3.44. The molecular formula is C15H12ClNO3. The van der Waals surface area contributed by atoms with Gasteiger partial charge in [-0.05, 0) is 29.8 Å². The molecule has 0 bridgehead atoms. The van der Waals surface area contributed by atoms with Gasteiger partial charge in [-0.15, -0.1) is 0 Å². The minimum Gasteiger partial charge on any atom is -0.458 e. The van der Waals surface area contributed by atoms with Crippen molar-refractivity contribution in [1.82, 2.24) is 4.57 Å². The molecule has 1 atom stereocenters. The number of cyclic esters (lactones) is 1. The Balaban J connectivity index is 1.96. The summed E-state index contributed by atoms with van der Waals surface area (Å²) in [5.41, 5.74) is 2.30. The number of rotatable bonds is 3. The van der Waals surface area contributed by atoms with E-state index in [0.717, 1.165) is 17.5 Å². The number of carbonyl (C=O) groups is 2. The van der Waals surface area contributed by atoms with Crippen molar-refractivity contribution in [1.29, 1.82) is 0 Å². The van der Waals surface area contributed by atoms with Gasteiger partial charge < -0.3 is 9.30 Å². The summed E-state index contributed by atoms with van der Waals surface area (Å²) in [4.78, 5) is 23.1. The summed E-state index contributed by atoms with van der Waals surface area (Å²) in [6.07, 6.45) is 1.23. The van der Waals surface area contributed by atoms with Gasteiger partial charge in [0.25, 0.3) is 0 Å². The zero-order valence-corrected chi connectivity index (χ0v) is 11.3. The number of fused-ring (bicyclic) bond motifs is 1. The van der Waals surface area contributed by atoms with E-state index in [1.807, 2.05) is 18.2 Å². The van der Waals surface area contributed by atoms with Crippen molar-refractivity contribution in [3.8, 4) is 0 Å². The molecule has 0 N–H and O–H groups in total. The maximum atomic E-state index is 12.0. The molecule has 0 amide bonds. The van der Waals surface area contributed by atoms with Gasteiger partial charge in [0.2, 0.25) is 0 Å². The lowest BCUT2D eigenvalue weighted by molar-refractivity contribution is -0.152. The highest BCUT2D eigenvalue weighted by molar-refractivity contribution is 6.30. The van der Waals surface area contributed by atoms with Crippen LogP contribution in [0.1, 0.15) is 27.8 Å². The summed E-state index contributed by atoms with van der Waals surface area (Å²) in [5, 5.41) is 0.648. The smallest absolute Gasteiger partial charge is 0.329 e. The Morgan fingerprint density at radius 1 is 1.25 bits per heavy atom. The summed E-state index contributed by atoms with van der Waals surface area (Å²) in [5.74, 6) is -0.313. The van der Waals surface area contributed by atoms with Crippen molar-refractivity contribution < 1.29 is 14.3 Å². The van der Waals surface area contributed by atoms with Gasteiger partial charge in [0.1, 0.15) is 12.6 Å². The molecule has 102 valence electrons. The lowest BCUT2D eigenvalue weighted by Gasteiger charge is -2.26. The number of nitrogens with zero attached hydrogens (tertiary/aromatic N) is 1. The van der Waals surface area contributed by atoms with Crippen molar-refractivity contribution in [2.45, 2.75) is 19.1 Å². The first-order chi connectivity index (χ1) is 9.69. The van der Waals surface area contributed by atoms with E-state index in [4.69, 9.17) is 16.3 Å². The van der Waals surface area contributed by atoms with Crippen molar-refractivity contribution in [3.63, 3.8) is 0 Å². The highest BCUT2D eigenvalue weighted by Crippen LogP contribution is 2.27. The monoisotopic (exact) mass is 289 g/mol. The van der Waals surface area contributed by atoms with Crippen molar-refractivity contribution in [2.75, 3.05) is 0 Å². The van der Waals surface area contributed by atoms with E-state index in [1.165, 1.54) is 0 Å². The average Bonchev–Trinajstić information content (AvgIpc) is 2.87. The third kappa shape index (κ3) is 2.23. The second kappa shape index (κ2) is 5.13. The topological polar surface area (TPSA) is 48.3 Å². The Hall–Kier alpha value is -2.07. The zero-order valence-electron chi connectivity index (χ0n) is 10.6. The van der Waals surface area contributed by atoms with Crippen LogP contribution in [-0.4, -0.2) is 16.8 Å². The first kappa shape index (κ1) is 12.9. The van der Waals surface area contributed by atoms with Crippen LogP contribution < -0.4 is 0 Å². The van der Waals surface area contributed by atoms with Crippen LogP contribution in [0.15, 0.2) is 36.4 Å². The first-order valence-corrected chi connectivity index (χ1v) is 6.63. The number of hydrogen-bond acceptors (Lipinski definition) is 3. The first-order valence-electron chi connectivity index (χ1n) is 6.25. The molecule has 2 heterocycles. The number of halogens is 1. The zero-order chi connectivity index (χ0) is 14.1. The highest BCUT2D eigenvalue weighted by atomic mass is 35.5. The molecule has 0 unspecified atom stereocenters. The van der Waals surface area contributed by atoms with Gasteiger partial charge in [-0.2, -0.15) is 0 Å². The van der Waals surface area contributed by atoms with Crippen molar-refractivity contribution in [2.24, 2.45) is 0 Å². The summed E-state index contributed by atoms with van der Waals surface area (Å²) in [6, 6.07) is 10.3. The van der Waals surface area contributed by atoms with E-state index in [0.29, 0.717) is 17.1 Å². The van der Waals surface area contributed by atoms with E-state index in [1.54, 1.807) is 22.8 Å². The molecule has 20 heavy (non-hydrogen) atoms. The average molecular weight is 290 g/mol. The molecule has 1 aromatic heterocycles. The maximum absolute atomic E-state index is 12.0. The number of benzene rings is 1.